The summed E-state index contributed by atoms with van der Waals surface area (Å²) in [5.41, 5.74) is 5.53. The van der Waals surface area contributed by atoms with Gasteiger partial charge in [0.2, 0.25) is 0 Å². The van der Waals surface area contributed by atoms with Crippen LogP contribution in [0.25, 0.3) is 33.3 Å². The highest BCUT2D eigenvalue weighted by molar-refractivity contribution is 5.95. The molecule has 0 aliphatic rings. The monoisotopic (exact) mass is 424 g/mol. The second kappa shape index (κ2) is 8.55. The van der Waals surface area contributed by atoms with Gasteiger partial charge in [0.05, 0.1) is 7.11 Å². The molecule has 0 saturated carbocycles. The van der Waals surface area contributed by atoms with Crippen molar-refractivity contribution in [1.29, 1.82) is 0 Å². The molecule has 0 aliphatic carbocycles. The average Bonchev–Trinajstić information content (AvgIpc) is 3.27. The summed E-state index contributed by atoms with van der Waals surface area (Å²) in [6.07, 6.45) is 3.68. The smallest absolute Gasteiger partial charge is 0.165 e. The number of pyridine rings is 1. The largest absolute Gasteiger partial charge is 0.494 e. The zero-order chi connectivity index (χ0) is 21.9. The van der Waals surface area contributed by atoms with E-state index in [-0.39, 0.29) is 5.75 Å². The molecule has 0 radical (unpaired) electrons. The SMILES string of the molecule is COc1ccc(-c2c[nH]c3ncc(-c4ccc(OCc5ccccc5)cc4)cc23)cc1F. The third kappa shape index (κ3) is 3.93. The van der Waals surface area contributed by atoms with E-state index in [4.69, 9.17) is 9.47 Å². The number of nitrogens with zero attached hydrogens (tertiary/aromatic N) is 1. The van der Waals surface area contributed by atoms with E-state index in [1.165, 1.54) is 13.2 Å². The van der Waals surface area contributed by atoms with Gasteiger partial charge in [0.25, 0.3) is 0 Å². The van der Waals surface area contributed by atoms with Gasteiger partial charge in [-0.15, -0.1) is 0 Å². The van der Waals surface area contributed by atoms with E-state index >= 15 is 0 Å². The highest BCUT2D eigenvalue weighted by Gasteiger charge is 2.12. The summed E-state index contributed by atoms with van der Waals surface area (Å²) in [5, 5.41) is 0.927. The van der Waals surface area contributed by atoms with Crippen molar-refractivity contribution < 1.29 is 13.9 Å². The second-order valence-electron chi connectivity index (χ2n) is 7.47. The number of rotatable bonds is 6. The third-order valence-corrected chi connectivity index (χ3v) is 5.43. The van der Waals surface area contributed by atoms with Gasteiger partial charge in [-0.3, -0.25) is 0 Å². The summed E-state index contributed by atoms with van der Waals surface area (Å²) in [4.78, 5) is 7.72. The number of nitrogens with one attached hydrogen (secondary N) is 1. The number of fused-ring (bicyclic) bond motifs is 1. The first-order valence-corrected chi connectivity index (χ1v) is 10.3. The number of H-pyrrole nitrogens is 1. The van der Waals surface area contributed by atoms with Gasteiger partial charge in [-0.05, 0) is 47.0 Å². The summed E-state index contributed by atoms with van der Waals surface area (Å²) in [6, 6.07) is 25.0. The molecule has 0 atom stereocenters. The zero-order valence-electron chi connectivity index (χ0n) is 17.5. The summed E-state index contributed by atoms with van der Waals surface area (Å²) in [7, 11) is 1.46. The summed E-state index contributed by atoms with van der Waals surface area (Å²) in [6.45, 7) is 0.527. The van der Waals surface area contributed by atoms with Crippen molar-refractivity contribution in [3.05, 3.63) is 103 Å². The molecule has 1 N–H and O–H groups in total. The molecule has 32 heavy (non-hydrogen) atoms. The van der Waals surface area contributed by atoms with Gasteiger partial charge in [0.1, 0.15) is 18.0 Å². The van der Waals surface area contributed by atoms with Gasteiger partial charge in [-0.25, -0.2) is 9.37 Å². The van der Waals surface area contributed by atoms with Crippen molar-refractivity contribution in [1.82, 2.24) is 9.97 Å². The molecule has 4 nitrogen and oxygen atoms in total. The van der Waals surface area contributed by atoms with Crippen molar-refractivity contribution in [2.75, 3.05) is 7.11 Å². The van der Waals surface area contributed by atoms with Crippen molar-refractivity contribution in [3.8, 4) is 33.8 Å². The molecule has 2 heterocycles. The zero-order valence-corrected chi connectivity index (χ0v) is 17.5. The lowest BCUT2D eigenvalue weighted by Crippen LogP contribution is -1.94. The van der Waals surface area contributed by atoms with Crippen LogP contribution in [-0.2, 0) is 6.61 Å². The van der Waals surface area contributed by atoms with Crippen LogP contribution in [0.15, 0.2) is 91.3 Å². The number of halogens is 1. The number of benzene rings is 3. The van der Waals surface area contributed by atoms with Gasteiger partial charge in [-0.2, -0.15) is 0 Å². The first kappa shape index (κ1) is 19.8. The number of hydrogen-bond donors (Lipinski definition) is 1. The van der Waals surface area contributed by atoms with E-state index in [2.05, 4.69) is 16.0 Å². The maximum absolute atomic E-state index is 14.2. The maximum Gasteiger partial charge on any atom is 0.165 e. The van der Waals surface area contributed by atoms with Crippen molar-refractivity contribution >= 4 is 11.0 Å². The Morgan fingerprint density at radius 1 is 0.875 bits per heavy atom. The maximum atomic E-state index is 14.2. The van der Waals surface area contributed by atoms with Crippen LogP contribution < -0.4 is 9.47 Å². The number of aromatic nitrogens is 2. The lowest BCUT2D eigenvalue weighted by molar-refractivity contribution is 0.306. The summed E-state index contributed by atoms with van der Waals surface area (Å²) in [5.74, 6) is 0.638. The van der Waals surface area contributed by atoms with Crippen LogP contribution in [0.2, 0.25) is 0 Å². The molecular weight excluding hydrogens is 403 g/mol. The topological polar surface area (TPSA) is 47.1 Å². The predicted molar refractivity (Wildman–Crippen MR) is 124 cm³/mol. The summed E-state index contributed by atoms with van der Waals surface area (Å²) >= 11 is 0. The molecule has 0 amide bonds. The van der Waals surface area contributed by atoms with Gasteiger partial charge >= 0.3 is 0 Å². The first-order valence-electron chi connectivity index (χ1n) is 10.3. The second-order valence-corrected chi connectivity index (χ2v) is 7.47. The van der Waals surface area contributed by atoms with E-state index in [1.807, 2.05) is 73.1 Å². The molecule has 2 aromatic heterocycles. The van der Waals surface area contributed by atoms with Crippen LogP contribution in [0.1, 0.15) is 5.56 Å². The third-order valence-electron chi connectivity index (χ3n) is 5.43. The van der Waals surface area contributed by atoms with Crippen molar-refractivity contribution in [3.63, 3.8) is 0 Å². The highest BCUT2D eigenvalue weighted by atomic mass is 19.1. The van der Waals surface area contributed by atoms with E-state index in [0.717, 1.165) is 44.6 Å². The first-order chi connectivity index (χ1) is 15.7. The van der Waals surface area contributed by atoms with Crippen molar-refractivity contribution in [2.45, 2.75) is 6.61 Å². The minimum Gasteiger partial charge on any atom is -0.494 e. The van der Waals surface area contributed by atoms with Crippen LogP contribution in [0.4, 0.5) is 4.39 Å². The van der Waals surface area contributed by atoms with Crippen molar-refractivity contribution in [2.24, 2.45) is 0 Å². The molecular formula is C27H21FN2O2. The molecule has 0 aliphatic heterocycles. The van der Waals surface area contributed by atoms with E-state index < -0.39 is 5.82 Å². The molecule has 0 bridgehead atoms. The standard InChI is InChI=1S/C27H21FN2O2/c1-31-26-12-9-20(14-25(26)28)24-16-30-27-23(24)13-21(15-29-27)19-7-10-22(11-8-19)32-17-18-5-3-2-4-6-18/h2-16H,17H2,1H3,(H,29,30). The van der Waals surface area contributed by atoms with Crippen LogP contribution >= 0.6 is 0 Å². The minimum absolute atomic E-state index is 0.224. The molecule has 5 aromatic rings. The minimum atomic E-state index is -0.394. The van der Waals surface area contributed by atoms with Crippen LogP contribution in [0, 0.1) is 5.82 Å². The number of ether oxygens (including phenoxy) is 2. The Kier molecular flexibility index (Phi) is 5.30. The molecule has 3 aromatic carbocycles. The number of hydrogen-bond acceptors (Lipinski definition) is 3. The highest BCUT2D eigenvalue weighted by Crippen LogP contribution is 2.33. The molecule has 5 heteroatoms. The fourth-order valence-corrected chi connectivity index (χ4v) is 3.72. The Morgan fingerprint density at radius 2 is 1.66 bits per heavy atom. The molecule has 5 rings (SSSR count). The predicted octanol–water partition coefficient (Wildman–Crippen LogP) is 6.62. The molecule has 158 valence electrons. The van der Waals surface area contributed by atoms with E-state index in [1.54, 1.807) is 6.07 Å². The van der Waals surface area contributed by atoms with Crippen LogP contribution in [0.3, 0.4) is 0 Å². The number of methoxy groups -OCH3 is 1. The molecule has 0 spiro atoms. The normalized spacial score (nSPS) is 10.9. The van der Waals surface area contributed by atoms with Crippen LogP contribution in [-0.4, -0.2) is 17.1 Å². The quantitative estimate of drug-likeness (QED) is 0.333. The van der Waals surface area contributed by atoms with Gasteiger partial charge < -0.3 is 14.5 Å². The Bertz CT molecular complexity index is 1360. The fourth-order valence-electron chi connectivity index (χ4n) is 3.72. The van der Waals surface area contributed by atoms with E-state index in [9.17, 15) is 4.39 Å². The van der Waals surface area contributed by atoms with Gasteiger partial charge in [-0.1, -0.05) is 48.5 Å². The molecule has 0 saturated heterocycles. The van der Waals surface area contributed by atoms with Gasteiger partial charge in [0, 0.05) is 28.9 Å². The average molecular weight is 424 g/mol. The lowest BCUT2D eigenvalue weighted by atomic mass is 10.0. The molecule has 0 unspecified atom stereocenters. The summed E-state index contributed by atoms with van der Waals surface area (Å²) < 4.78 is 25.1. The Balaban J connectivity index is 1.41. The van der Waals surface area contributed by atoms with Gasteiger partial charge in [0.15, 0.2) is 11.6 Å². The Hall–Kier alpha value is -4.12. The number of aromatic amines is 1. The Labute approximate surface area is 185 Å². The lowest BCUT2D eigenvalue weighted by Gasteiger charge is -2.08. The van der Waals surface area contributed by atoms with E-state index in [0.29, 0.717) is 6.61 Å². The fraction of sp³-hybridized carbons (Fsp3) is 0.0741. The molecule has 0 fully saturated rings. The van der Waals surface area contributed by atoms with Crippen LogP contribution in [0.5, 0.6) is 11.5 Å². The Morgan fingerprint density at radius 3 is 2.41 bits per heavy atom.